The lowest BCUT2D eigenvalue weighted by Crippen LogP contribution is -2.54. The highest BCUT2D eigenvalue weighted by atomic mass is 16.6. The second kappa shape index (κ2) is 16.8. The molecular formula is C34H51N3O6. The van der Waals surface area contributed by atoms with E-state index in [1.54, 1.807) is 76.1 Å². The first-order chi connectivity index (χ1) is 20.3. The van der Waals surface area contributed by atoms with E-state index in [9.17, 15) is 19.5 Å². The summed E-state index contributed by atoms with van der Waals surface area (Å²) in [5.41, 5.74) is 0.946. The van der Waals surface area contributed by atoms with Crippen molar-refractivity contribution >= 4 is 23.6 Å². The number of unbranched alkanes of at least 4 members (excludes halogenated alkanes) is 5. The van der Waals surface area contributed by atoms with Crippen molar-refractivity contribution in [2.24, 2.45) is 5.92 Å². The van der Waals surface area contributed by atoms with E-state index in [1.165, 1.54) is 6.07 Å². The summed E-state index contributed by atoms with van der Waals surface area (Å²) in [4.78, 5) is 42.8. The summed E-state index contributed by atoms with van der Waals surface area (Å²) < 4.78 is 10.7. The predicted octanol–water partition coefficient (Wildman–Crippen LogP) is 7.13. The topological polar surface area (TPSA) is 117 Å². The summed E-state index contributed by atoms with van der Waals surface area (Å²) >= 11 is 0. The molecule has 0 aliphatic rings. The maximum Gasteiger partial charge on any atom is 0.408 e. The Bertz CT molecular complexity index is 1190. The summed E-state index contributed by atoms with van der Waals surface area (Å²) in [5.74, 6) is -0.321. The number of hydrogen-bond donors (Lipinski definition) is 3. The van der Waals surface area contributed by atoms with E-state index < -0.39 is 29.7 Å². The number of phenols is 1. The minimum atomic E-state index is -1.02. The van der Waals surface area contributed by atoms with E-state index in [2.05, 4.69) is 17.6 Å². The van der Waals surface area contributed by atoms with Crippen molar-refractivity contribution in [2.75, 3.05) is 19.0 Å². The highest BCUT2D eigenvalue weighted by Crippen LogP contribution is 2.30. The normalized spacial score (nSPS) is 12.8. The molecule has 0 aromatic heterocycles. The molecule has 0 saturated carbocycles. The number of methoxy groups -OCH3 is 1. The first kappa shape index (κ1) is 35.4. The molecule has 0 heterocycles. The average Bonchev–Trinajstić information content (AvgIpc) is 2.93. The molecule has 9 nitrogen and oxygen atoms in total. The van der Waals surface area contributed by atoms with Crippen LogP contribution in [0.1, 0.15) is 97.2 Å². The Morgan fingerprint density at radius 3 is 2.14 bits per heavy atom. The van der Waals surface area contributed by atoms with Crippen LogP contribution in [0.3, 0.4) is 0 Å². The van der Waals surface area contributed by atoms with Gasteiger partial charge in [0, 0.05) is 12.2 Å². The third-order valence-corrected chi connectivity index (χ3v) is 7.09. The zero-order valence-corrected chi connectivity index (χ0v) is 27.2. The second-order valence-corrected chi connectivity index (χ2v) is 12.3. The molecule has 2 aromatic carbocycles. The van der Waals surface area contributed by atoms with E-state index >= 15 is 0 Å². The van der Waals surface area contributed by atoms with Gasteiger partial charge in [-0.05, 0) is 87.6 Å². The molecule has 0 aliphatic heterocycles. The molecule has 9 heteroatoms. The third-order valence-electron chi connectivity index (χ3n) is 7.09. The molecule has 0 aliphatic carbocycles. The zero-order chi connectivity index (χ0) is 32.2. The van der Waals surface area contributed by atoms with Gasteiger partial charge in [-0.3, -0.25) is 9.59 Å². The molecule has 3 amide bonds. The van der Waals surface area contributed by atoms with Crippen LogP contribution in [0.15, 0.2) is 42.5 Å². The molecule has 2 rings (SSSR count). The summed E-state index contributed by atoms with van der Waals surface area (Å²) in [5, 5.41) is 16.0. The lowest BCUT2D eigenvalue weighted by Gasteiger charge is -2.36. The maximum absolute atomic E-state index is 14.4. The van der Waals surface area contributed by atoms with E-state index in [0.29, 0.717) is 35.5 Å². The van der Waals surface area contributed by atoms with Crippen molar-refractivity contribution in [1.82, 2.24) is 10.2 Å². The van der Waals surface area contributed by atoms with Crippen LogP contribution in [0.5, 0.6) is 11.5 Å². The Labute approximate surface area is 257 Å². The van der Waals surface area contributed by atoms with Gasteiger partial charge < -0.3 is 30.1 Å². The number of carbonyl (C=O) groups excluding carboxylic acids is 3. The number of amides is 3. The van der Waals surface area contributed by atoms with Gasteiger partial charge >= 0.3 is 6.09 Å². The van der Waals surface area contributed by atoms with Crippen LogP contribution in [0.25, 0.3) is 0 Å². The van der Waals surface area contributed by atoms with Gasteiger partial charge in [0.2, 0.25) is 5.91 Å². The Morgan fingerprint density at radius 1 is 0.953 bits per heavy atom. The minimum Gasteiger partial charge on any atom is -0.508 e. The number of anilines is 1. The minimum absolute atomic E-state index is 0.0958. The number of nitrogens with zero attached hydrogens (tertiary/aromatic N) is 1. The van der Waals surface area contributed by atoms with Crippen molar-refractivity contribution in [2.45, 2.75) is 105 Å². The largest absolute Gasteiger partial charge is 0.508 e. The van der Waals surface area contributed by atoms with Gasteiger partial charge in [-0.2, -0.15) is 0 Å². The molecule has 0 bridgehead atoms. The number of ether oxygens (including phenoxy) is 2. The lowest BCUT2D eigenvalue weighted by atomic mass is 9.97. The summed E-state index contributed by atoms with van der Waals surface area (Å²) in [6.45, 7) is 13.2. The number of rotatable bonds is 15. The summed E-state index contributed by atoms with van der Waals surface area (Å²) in [7, 11) is 1.57. The van der Waals surface area contributed by atoms with Gasteiger partial charge in [0.05, 0.1) is 7.11 Å². The number of phenolic OH excluding ortho intramolecular Hbond substituents is 1. The third kappa shape index (κ3) is 11.5. The van der Waals surface area contributed by atoms with Gasteiger partial charge in [-0.1, -0.05) is 58.9 Å². The van der Waals surface area contributed by atoms with Crippen molar-refractivity contribution in [3.05, 3.63) is 53.6 Å². The van der Waals surface area contributed by atoms with Crippen LogP contribution in [0.4, 0.5) is 10.5 Å². The molecule has 3 N–H and O–H groups in total. The van der Waals surface area contributed by atoms with Crippen LogP contribution in [-0.4, -0.2) is 53.2 Å². The number of aromatic hydroxyl groups is 1. The Kier molecular flexibility index (Phi) is 13.8. The molecule has 2 atom stereocenters. The number of nitrogens with one attached hydrogen (secondary N) is 2. The molecular weight excluding hydrogens is 546 g/mol. The molecule has 0 saturated heterocycles. The summed E-state index contributed by atoms with van der Waals surface area (Å²) in [6.07, 6.45) is 5.31. The number of alkyl carbamates (subject to hydrolysis) is 1. The van der Waals surface area contributed by atoms with Crippen LogP contribution in [0, 0.1) is 12.8 Å². The number of aryl methyl sites for hydroxylation is 1. The SMILES string of the molecule is CCCCCCCCN(C(=O)C(NC(=O)OC(C)(C)C)C(C)C)C(C(=O)Nc1ccc(OC)cc1)c1ccc(O)c(C)c1. The molecule has 0 spiro atoms. The van der Waals surface area contributed by atoms with E-state index in [1.807, 2.05) is 13.8 Å². The van der Waals surface area contributed by atoms with Crippen molar-refractivity contribution in [3.8, 4) is 11.5 Å². The molecule has 238 valence electrons. The fourth-order valence-corrected chi connectivity index (χ4v) is 4.76. The van der Waals surface area contributed by atoms with Gasteiger partial charge in [0.15, 0.2) is 0 Å². The second-order valence-electron chi connectivity index (χ2n) is 12.3. The monoisotopic (exact) mass is 597 g/mol. The molecule has 0 radical (unpaired) electrons. The Morgan fingerprint density at radius 2 is 1.58 bits per heavy atom. The quantitative estimate of drug-likeness (QED) is 0.188. The van der Waals surface area contributed by atoms with Crippen LogP contribution >= 0.6 is 0 Å². The van der Waals surface area contributed by atoms with Gasteiger partial charge in [-0.15, -0.1) is 0 Å². The fourth-order valence-electron chi connectivity index (χ4n) is 4.76. The van der Waals surface area contributed by atoms with Gasteiger partial charge in [0.1, 0.15) is 29.2 Å². The number of hydrogen-bond acceptors (Lipinski definition) is 6. The standard InChI is InChI=1S/C34H51N3O6/c1-9-10-11-12-13-14-21-37(32(40)29(23(2)3)36-33(41)43-34(5,6)7)30(25-15-20-28(38)24(4)22-25)31(39)35-26-16-18-27(42-8)19-17-26/h15-20,22-23,29-30,38H,9-14,21H2,1-8H3,(H,35,39)(H,36,41). The van der Waals surface area contributed by atoms with Gasteiger partial charge in [-0.25, -0.2) is 4.79 Å². The van der Waals surface area contributed by atoms with E-state index in [0.717, 1.165) is 32.1 Å². The average molecular weight is 598 g/mol. The van der Waals surface area contributed by atoms with Crippen molar-refractivity contribution in [1.29, 1.82) is 0 Å². The fraction of sp³-hybridized carbons (Fsp3) is 0.559. The van der Waals surface area contributed by atoms with Crippen molar-refractivity contribution in [3.63, 3.8) is 0 Å². The van der Waals surface area contributed by atoms with Crippen molar-refractivity contribution < 1.29 is 29.0 Å². The number of carbonyl (C=O) groups is 3. The van der Waals surface area contributed by atoms with Crippen LogP contribution in [0.2, 0.25) is 0 Å². The van der Waals surface area contributed by atoms with Gasteiger partial charge in [0.25, 0.3) is 5.91 Å². The van der Waals surface area contributed by atoms with E-state index in [-0.39, 0.29) is 17.6 Å². The highest BCUT2D eigenvalue weighted by molar-refractivity contribution is 5.99. The maximum atomic E-state index is 14.4. The molecule has 43 heavy (non-hydrogen) atoms. The first-order valence-corrected chi connectivity index (χ1v) is 15.3. The smallest absolute Gasteiger partial charge is 0.408 e. The first-order valence-electron chi connectivity index (χ1n) is 15.3. The van der Waals surface area contributed by atoms with Crippen LogP contribution < -0.4 is 15.4 Å². The molecule has 2 aromatic rings. The number of benzene rings is 2. The highest BCUT2D eigenvalue weighted by Gasteiger charge is 2.37. The Balaban J connectivity index is 2.52. The summed E-state index contributed by atoms with van der Waals surface area (Å²) in [6, 6.07) is 9.92. The lowest BCUT2D eigenvalue weighted by molar-refractivity contribution is -0.141. The predicted molar refractivity (Wildman–Crippen MR) is 170 cm³/mol. The Hall–Kier alpha value is -3.75. The van der Waals surface area contributed by atoms with Crippen LogP contribution in [-0.2, 0) is 14.3 Å². The zero-order valence-electron chi connectivity index (χ0n) is 27.2. The molecule has 2 unspecified atom stereocenters. The van der Waals surface area contributed by atoms with E-state index in [4.69, 9.17) is 9.47 Å². The molecule has 0 fully saturated rings.